The van der Waals surface area contributed by atoms with Crippen molar-refractivity contribution in [1.29, 1.82) is 0 Å². The van der Waals surface area contributed by atoms with Crippen molar-refractivity contribution < 1.29 is 4.79 Å². The van der Waals surface area contributed by atoms with Crippen LogP contribution >= 0.6 is 0 Å². The van der Waals surface area contributed by atoms with E-state index < -0.39 is 0 Å². The summed E-state index contributed by atoms with van der Waals surface area (Å²) in [5, 5.41) is 2.88. The van der Waals surface area contributed by atoms with Gasteiger partial charge in [0.1, 0.15) is 0 Å². The van der Waals surface area contributed by atoms with Gasteiger partial charge in [0.05, 0.1) is 0 Å². The second kappa shape index (κ2) is 5.93. The van der Waals surface area contributed by atoms with E-state index in [4.69, 9.17) is 5.73 Å². The second-order valence-electron chi connectivity index (χ2n) is 5.20. The molecular formula is C14H22N4O. The first-order chi connectivity index (χ1) is 9.06. The van der Waals surface area contributed by atoms with Crippen LogP contribution < -0.4 is 11.1 Å². The minimum atomic E-state index is -0.0693. The summed E-state index contributed by atoms with van der Waals surface area (Å²) in [6.07, 6.45) is 2.05. The lowest BCUT2D eigenvalue weighted by molar-refractivity contribution is 0.156. The van der Waals surface area contributed by atoms with Crippen molar-refractivity contribution in [2.75, 3.05) is 38.2 Å². The van der Waals surface area contributed by atoms with E-state index in [1.807, 2.05) is 19.2 Å². The average molecular weight is 262 g/mol. The summed E-state index contributed by atoms with van der Waals surface area (Å²) >= 11 is 0. The highest BCUT2D eigenvalue weighted by Crippen LogP contribution is 2.17. The van der Waals surface area contributed by atoms with Crippen LogP contribution in [0.3, 0.4) is 0 Å². The molecule has 1 heterocycles. The number of hydrogen-bond acceptors (Lipinski definition) is 3. The number of likely N-dealkylation sites (tertiary alicyclic amines) is 1. The van der Waals surface area contributed by atoms with Crippen LogP contribution in [0.2, 0.25) is 0 Å². The van der Waals surface area contributed by atoms with Crippen LogP contribution in [0.15, 0.2) is 24.3 Å². The van der Waals surface area contributed by atoms with Crippen molar-refractivity contribution in [2.24, 2.45) is 0 Å². The summed E-state index contributed by atoms with van der Waals surface area (Å²) in [5.41, 5.74) is 7.09. The molecule has 0 bridgehead atoms. The van der Waals surface area contributed by atoms with Crippen LogP contribution in [-0.2, 0) is 0 Å². The zero-order valence-corrected chi connectivity index (χ0v) is 11.6. The number of nitrogens with one attached hydrogen (secondary N) is 1. The van der Waals surface area contributed by atoms with Crippen molar-refractivity contribution in [2.45, 2.75) is 18.9 Å². The standard InChI is InChI=1S/C14H22N4O/c1-17-8-6-13(7-9-17)18(2)14(19)16-12-5-3-4-11(15)10-12/h3-5,10,13H,6-9,15H2,1-2H3,(H,16,19). The Morgan fingerprint density at radius 2 is 2.11 bits per heavy atom. The molecule has 19 heavy (non-hydrogen) atoms. The van der Waals surface area contributed by atoms with Gasteiger partial charge in [-0.15, -0.1) is 0 Å². The lowest BCUT2D eigenvalue weighted by Crippen LogP contribution is -2.46. The Hall–Kier alpha value is -1.75. The number of urea groups is 1. The Labute approximate surface area is 114 Å². The lowest BCUT2D eigenvalue weighted by atomic mass is 10.0. The predicted octanol–water partition coefficient (Wildman–Crippen LogP) is 1.83. The fraction of sp³-hybridized carbons (Fsp3) is 0.500. The fourth-order valence-electron chi connectivity index (χ4n) is 2.38. The molecule has 1 aromatic carbocycles. The summed E-state index contributed by atoms with van der Waals surface area (Å²) in [6, 6.07) is 7.49. The number of benzene rings is 1. The number of hydrogen-bond donors (Lipinski definition) is 2. The number of nitrogens with zero attached hydrogens (tertiary/aromatic N) is 2. The van der Waals surface area contributed by atoms with Gasteiger partial charge in [0.15, 0.2) is 0 Å². The van der Waals surface area contributed by atoms with E-state index in [9.17, 15) is 4.79 Å². The number of carbonyl (C=O) groups is 1. The number of piperidine rings is 1. The number of nitrogen functional groups attached to an aromatic ring is 1. The number of nitrogens with two attached hydrogens (primary N) is 1. The molecule has 0 radical (unpaired) electrons. The molecule has 0 atom stereocenters. The van der Waals surface area contributed by atoms with E-state index in [-0.39, 0.29) is 6.03 Å². The van der Waals surface area contributed by atoms with Crippen LogP contribution in [0.1, 0.15) is 12.8 Å². The molecular weight excluding hydrogens is 240 g/mol. The molecule has 0 aliphatic carbocycles. The molecule has 1 aromatic rings. The molecule has 0 unspecified atom stereocenters. The zero-order valence-electron chi connectivity index (χ0n) is 11.6. The maximum absolute atomic E-state index is 12.2. The number of rotatable bonds is 2. The van der Waals surface area contributed by atoms with Crippen molar-refractivity contribution in [1.82, 2.24) is 9.80 Å². The fourth-order valence-corrected chi connectivity index (χ4v) is 2.38. The Morgan fingerprint density at radius 3 is 2.74 bits per heavy atom. The molecule has 0 spiro atoms. The lowest BCUT2D eigenvalue weighted by Gasteiger charge is -2.35. The van der Waals surface area contributed by atoms with Crippen molar-refractivity contribution >= 4 is 17.4 Å². The highest BCUT2D eigenvalue weighted by Gasteiger charge is 2.23. The molecule has 1 saturated heterocycles. The first kappa shape index (κ1) is 13.7. The SMILES string of the molecule is CN1CCC(N(C)C(=O)Nc2cccc(N)c2)CC1. The predicted molar refractivity (Wildman–Crippen MR) is 78.2 cm³/mol. The smallest absolute Gasteiger partial charge is 0.321 e. The summed E-state index contributed by atoms with van der Waals surface area (Å²) in [7, 11) is 3.97. The largest absolute Gasteiger partial charge is 0.399 e. The molecule has 5 heteroatoms. The van der Waals surface area contributed by atoms with Crippen LogP contribution in [0.25, 0.3) is 0 Å². The maximum atomic E-state index is 12.2. The van der Waals surface area contributed by atoms with Gasteiger partial charge in [-0.05, 0) is 51.2 Å². The van der Waals surface area contributed by atoms with Gasteiger partial charge in [-0.3, -0.25) is 0 Å². The van der Waals surface area contributed by atoms with E-state index in [0.717, 1.165) is 31.6 Å². The quantitative estimate of drug-likeness (QED) is 0.799. The average Bonchev–Trinajstić information content (AvgIpc) is 2.39. The third kappa shape index (κ3) is 3.61. The number of carbonyl (C=O) groups excluding carboxylic acids is 1. The van der Waals surface area contributed by atoms with E-state index in [2.05, 4.69) is 17.3 Å². The molecule has 1 aliphatic heterocycles. The van der Waals surface area contributed by atoms with Gasteiger partial charge >= 0.3 is 6.03 Å². The summed E-state index contributed by atoms with van der Waals surface area (Å²) in [6.45, 7) is 2.08. The zero-order chi connectivity index (χ0) is 13.8. The number of amides is 2. The van der Waals surface area contributed by atoms with Gasteiger partial charge in [0, 0.05) is 24.5 Å². The summed E-state index contributed by atoms with van der Waals surface area (Å²) < 4.78 is 0. The Morgan fingerprint density at radius 1 is 1.42 bits per heavy atom. The first-order valence-electron chi connectivity index (χ1n) is 6.64. The minimum Gasteiger partial charge on any atom is -0.399 e. The molecule has 2 amide bonds. The third-order valence-corrected chi connectivity index (χ3v) is 3.69. The van der Waals surface area contributed by atoms with Crippen molar-refractivity contribution in [3.05, 3.63) is 24.3 Å². The monoisotopic (exact) mass is 262 g/mol. The van der Waals surface area contributed by atoms with Crippen LogP contribution in [0.4, 0.5) is 16.2 Å². The summed E-state index contributed by atoms with van der Waals surface area (Å²) in [5.74, 6) is 0. The minimum absolute atomic E-state index is 0.0693. The molecule has 5 nitrogen and oxygen atoms in total. The van der Waals surface area contributed by atoms with Gasteiger partial charge in [-0.1, -0.05) is 6.07 Å². The van der Waals surface area contributed by atoms with Crippen molar-refractivity contribution in [3.63, 3.8) is 0 Å². The highest BCUT2D eigenvalue weighted by atomic mass is 16.2. The van der Waals surface area contributed by atoms with Gasteiger partial charge in [-0.25, -0.2) is 4.79 Å². The Balaban J connectivity index is 1.92. The van der Waals surface area contributed by atoms with Gasteiger partial charge in [-0.2, -0.15) is 0 Å². The van der Waals surface area contributed by atoms with Crippen LogP contribution in [-0.4, -0.2) is 49.1 Å². The first-order valence-corrected chi connectivity index (χ1v) is 6.64. The van der Waals surface area contributed by atoms with Crippen LogP contribution in [0.5, 0.6) is 0 Å². The molecule has 0 saturated carbocycles. The normalized spacial score (nSPS) is 17.2. The molecule has 2 rings (SSSR count). The van der Waals surface area contributed by atoms with E-state index >= 15 is 0 Å². The Bertz CT molecular complexity index is 441. The molecule has 0 aromatic heterocycles. The molecule has 1 fully saturated rings. The third-order valence-electron chi connectivity index (χ3n) is 3.69. The van der Waals surface area contributed by atoms with Gasteiger partial charge in [0.2, 0.25) is 0 Å². The Kier molecular flexibility index (Phi) is 4.27. The van der Waals surface area contributed by atoms with Crippen LogP contribution in [0, 0.1) is 0 Å². The molecule has 1 aliphatic rings. The maximum Gasteiger partial charge on any atom is 0.321 e. The van der Waals surface area contributed by atoms with Gasteiger partial charge in [0.25, 0.3) is 0 Å². The van der Waals surface area contributed by atoms with E-state index in [0.29, 0.717) is 11.7 Å². The van der Waals surface area contributed by atoms with E-state index in [1.54, 1.807) is 17.0 Å². The second-order valence-corrected chi connectivity index (χ2v) is 5.20. The molecule has 104 valence electrons. The number of anilines is 2. The summed E-state index contributed by atoms with van der Waals surface area (Å²) in [4.78, 5) is 16.3. The topological polar surface area (TPSA) is 61.6 Å². The molecule has 3 N–H and O–H groups in total. The van der Waals surface area contributed by atoms with Crippen molar-refractivity contribution in [3.8, 4) is 0 Å². The highest BCUT2D eigenvalue weighted by molar-refractivity contribution is 5.89. The van der Waals surface area contributed by atoms with Gasteiger partial charge < -0.3 is 20.9 Å². The van der Waals surface area contributed by atoms with E-state index in [1.165, 1.54) is 0 Å².